The summed E-state index contributed by atoms with van der Waals surface area (Å²) in [5.74, 6) is -0.197. The van der Waals surface area contributed by atoms with Gasteiger partial charge in [-0.3, -0.25) is 19.4 Å². The van der Waals surface area contributed by atoms with Crippen LogP contribution in [0.3, 0.4) is 0 Å². The molecule has 0 saturated heterocycles. The van der Waals surface area contributed by atoms with Crippen LogP contribution < -0.4 is 11.2 Å². The summed E-state index contributed by atoms with van der Waals surface area (Å²) in [7, 11) is 0. The lowest BCUT2D eigenvalue weighted by molar-refractivity contribution is -0.156. The van der Waals surface area contributed by atoms with E-state index in [4.69, 9.17) is 9.47 Å². The Balaban J connectivity index is 1.90. The van der Waals surface area contributed by atoms with Crippen molar-refractivity contribution in [2.24, 2.45) is 0 Å². The van der Waals surface area contributed by atoms with Crippen molar-refractivity contribution in [3.05, 3.63) is 44.1 Å². The third kappa shape index (κ3) is 7.66. The highest BCUT2D eigenvalue weighted by Gasteiger charge is 2.28. The summed E-state index contributed by atoms with van der Waals surface area (Å²) in [6, 6.07) is 3.84. The van der Waals surface area contributed by atoms with Gasteiger partial charge in [0.25, 0.3) is 5.56 Å². The summed E-state index contributed by atoms with van der Waals surface area (Å²) in [6.07, 6.45) is 0.315. The number of rotatable bonds is 8. The van der Waals surface area contributed by atoms with E-state index in [1.807, 2.05) is 26.0 Å². The quantitative estimate of drug-likeness (QED) is 0.332. The van der Waals surface area contributed by atoms with Gasteiger partial charge in [0.1, 0.15) is 16.5 Å². The van der Waals surface area contributed by atoms with Gasteiger partial charge in [-0.2, -0.15) is 4.98 Å². The lowest BCUT2D eigenvalue weighted by Gasteiger charge is -2.25. The fourth-order valence-corrected chi connectivity index (χ4v) is 4.88. The van der Waals surface area contributed by atoms with Gasteiger partial charge in [0.15, 0.2) is 11.5 Å². The number of aromatic nitrogens is 4. The predicted octanol–water partition coefficient (Wildman–Crippen LogP) is 3.77. The fourth-order valence-electron chi connectivity index (χ4n) is 3.84. The Hall–Kier alpha value is -3.21. The van der Waals surface area contributed by atoms with Crippen LogP contribution in [0.1, 0.15) is 65.5 Å². The molecule has 1 aromatic carbocycles. The average Bonchev–Trinajstić information content (AvgIpc) is 2.74. The Morgan fingerprint density at radius 1 is 1.00 bits per heavy atom. The maximum atomic E-state index is 13.0. The highest BCUT2D eigenvalue weighted by atomic mass is 32.2. The van der Waals surface area contributed by atoms with E-state index in [0.29, 0.717) is 17.8 Å². The molecule has 0 amide bonds. The predicted molar refractivity (Wildman–Crippen MR) is 148 cm³/mol. The van der Waals surface area contributed by atoms with Gasteiger partial charge in [0, 0.05) is 18.7 Å². The Kier molecular flexibility index (Phi) is 8.70. The highest BCUT2D eigenvalue weighted by molar-refractivity contribution is 8.00. The van der Waals surface area contributed by atoms with Crippen LogP contribution in [-0.2, 0) is 25.6 Å². The number of nitrogens with zero attached hydrogens (tertiary/aromatic N) is 3. The van der Waals surface area contributed by atoms with Crippen molar-refractivity contribution in [3.8, 4) is 11.5 Å². The molecule has 1 atom stereocenters. The van der Waals surface area contributed by atoms with E-state index >= 15 is 0 Å². The molecule has 1 N–H and O–H groups in total. The van der Waals surface area contributed by atoms with Crippen LogP contribution in [0.4, 0.5) is 0 Å². The highest BCUT2D eigenvalue weighted by Crippen LogP contribution is 2.27. The number of thioether (sulfide) groups is 1. The standard InChI is InChI=1S/C27H36N4O6S/c1-15-13-17-18(14-16(15)2)31(22-21(28-17)23(33)30-25(35)29-22)11-12-38-19(24(34)37-27(6,7)8)9-10-20(32)36-26(3,4)5/h13-14,19H,9-12H2,1-8H3,(H,30,33,35). The molecule has 206 valence electrons. The van der Waals surface area contributed by atoms with Crippen LogP contribution >= 0.6 is 11.8 Å². The molecule has 11 heteroatoms. The molecule has 1 aromatic rings. The van der Waals surface area contributed by atoms with Gasteiger partial charge in [-0.15, -0.1) is 11.8 Å². The topological polar surface area (TPSA) is 133 Å². The molecule has 0 spiro atoms. The van der Waals surface area contributed by atoms with Gasteiger partial charge < -0.3 is 14.0 Å². The van der Waals surface area contributed by atoms with Crippen LogP contribution in [0.5, 0.6) is 0 Å². The third-order valence-corrected chi connectivity index (χ3v) is 6.81. The molecule has 10 nitrogen and oxygen atoms in total. The first-order chi connectivity index (χ1) is 17.5. The van der Waals surface area contributed by atoms with E-state index in [0.717, 1.165) is 16.6 Å². The number of fused-ring (bicyclic) bond motifs is 2. The van der Waals surface area contributed by atoms with Gasteiger partial charge in [-0.05, 0) is 85.1 Å². The second kappa shape index (κ2) is 11.3. The number of esters is 2. The Bertz CT molecular complexity index is 1430. The Morgan fingerprint density at radius 2 is 1.63 bits per heavy atom. The van der Waals surface area contributed by atoms with Gasteiger partial charge in [0.05, 0.1) is 11.0 Å². The van der Waals surface area contributed by atoms with E-state index in [1.54, 1.807) is 46.1 Å². The molecule has 38 heavy (non-hydrogen) atoms. The molecule has 0 radical (unpaired) electrons. The summed E-state index contributed by atoms with van der Waals surface area (Å²) in [6.45, 7) is 15.0. The number of hydrogen-bond donors (Lipinski definition) is 1. The van der Waals surface area contributed by atoms with E-state index in [2.05, 4.69) is 15.0 Å². The first-order valence-corrected chi connectivity index (χ1v) is 13.6. The van der Waals surface area contributed by atoms with Gasteiger partial charge in [-0.25, -0.2) is 9.78 Å². The zero-order valence-electron chi connectivity index (χ0n) is 23.3. The van der Waals surface area contributed by atoms with Crippen LogP contribution in [-0.4, -0.2) is 53.7 Å². The summed E-state index contributed by atoms with van der Waals surface area (Å²) in [5.41, 5.74) is 0.777. The normalized spacial score (nSPS) is 13.1. The lowest BCUT2D eigenvalue weighted by atomic mass is 10.1. The maximum absolute atomic E-state index is 13.0. The van der Waals surface area contributed by atoms with Crippen molar-refractivity contribution < 1.29 is 19.1 Å². The van der Waals surface area contributed by atoms with Crippen LogP contribution in [0.15, 0.2) is 21.7 Å². The molecule has 0 saturated carbocycles. The number of aryl methyl sites for hydroxylation is 3. The lowest BCUT2D eigenvalue weighted by Crippen LogP contribution is -2.32. The van der Waals surface area contributed by atoms with E-state index in [9.17, 15) is 19.2 Å². The number of aromatic amines is 1. The fraction of sp³-hybridized carbons (Fsp3) is 0.556. The average molecular weight is 545 g/mol. The third-order valence-electron chi connectivity index (χ3n) is 5.56. The van der Waals surface area contributed by atoms with Crippen LogP contribution in [0.25, 0.3) is 22.6 Å². The maximum Gasteiger partial charge on any atom is 0.349 e. The minimum absolute atomic E-state index is 0.0669. The minimum atomic E-state index is -0.752. The second-order valence-electron chi connectivity index (χ2n) is 11.2. The van der Waals surface area contributed by atoms with Crippen molar-refractivity contribution in [3.63, 3.8) is 0 Å². The largest absolute Gasteiger partial charge is 0.460 e. The molecule has 0 aliphatic carbocycles. The number of carbonyl (C=O) groups excluding carboxylic acids is 2. The van der Waals surface area contributed by atoms with Crippen molar-refractivity contribution in [2.45, 2.75) is 91.2 Å². The van der Waals surface area contributed by atoms with Crippen LogP contribution in [0, 0.1) is 13.8 Å². The molecule has 0 bridgehead atoms. The van der Waals surface area contributed by atoms with Crippen molar-refractivity contribution in [1.82, 2.24) is 19.5 Å². The molecule has 0 fully saturated rings. The summed E-state index contributed by atoms with van der Waals surface area (Å²) in [4.78, 5) is 60.6. The van der Waals surface area contributed by atoms with Gasteiger partial charge in [0.2, 0.25) is 0 Å². The van der Waals surface area contributed by atoms with E-state index in [-0.39, 0.29) is 30.3 Å². The molecular formula is C27H36N4O6S. The molecule has 3 rings (SSSR count). The number of nitrogens with one attached hydrogen (secondary N) is 1. The first-order valence-electron chi connectivity index (χ1n) is 12.5. The van der Waals surface area contributed by atoms with Crippen molar-refractivity contribution in [1.29, 1.82) is 0 Å². The minimum Gasteiger partial charge on any atom is -0.460 e. The van der Waals surface area contributed by atoms with Crippen molar-refractivity contribution >= 4 is 34.7 Å². The number of ether oxygens (including phenoxy) is 2. The first kappa shape index (κ1) is 29.3. The molecular weight excluding hydrogens is 508 g/mol. The van der Waals surface area contributed by atoms with Crippen molar-refractivity contribution in [2.75, 3.05) is 5.75 Å². The molecule has 2 aliphatic heterocycles. The summed E-state index contributed by atoms with van der Waals surface area (Å²) >= 11 is 1.34. The molecule has 2 heterocycles. The smallest absolute Gasteiger partial charge is 0.349 e. The summed E-state index contributed by atoms with van der Waals surface area (Å²) in [5, 5.41) is -0.614. The molecule has 0 aromatic heterocycles. The van der Waals surface area contributed by atoms with Gasteiger partial charge in [-0.1, -0.05) is 0 Å². The zero-order chi connectivity index (χ0) is 28.4. The van der Waals surface area contributed by atoms with E-state index in [1.165, 1.54) is 11.8 Å². The Labute approximate surface area is 225 Å². The number of H-pyrrole nitrogens is 1. The molecule has 1 unspecified atom stereocenters. The second-order valence-corrected chi connectivity index (χ2v) is 12.6. The number of benzene rings is 1. The number of carbonyl (C=O) groups is 2. The van der Waals surface area contributed by atoms with Gasteiger partial charge >= 0.3 is 17.6 Å². The Morgan fingerprint density at radius 3 is 2.26 bits per heavy atom. The zero-order valence-corrected chi connectivity index (χ0v) is 24.1. The van der Waals surface area contributed by atoms with Crippen LogP contribution in [0.2, 0.25) is 0 Å². The SMILES string of the molecule is Cc1cc2nc3c(=O)[nH]c(=O)nc-3n(CCSC(CCC(=O)OC(C)(C)C)C(=O)OC(C)(C)C)c2cc1C. The van der Waals surface area contributed by atoms with E-state index < -0.39 is 33.7 Å². The molecule has 2 aliphatic rings. The number of hydrogen-bond acceptors (Lipinski definition) is 9. The summed E-state index contributed by atoms with van der Waals surface area (Å²) < 4.78 is 12.8. The monoisotopic (exact) mass is 544 g/mol.